The van der Waals surface area contributed by atoms with E-state index in [9.17, 15) is 14.4 Å². The summed E-state index contributed by atoms with van der Waals surface area (Å²) in [6.45, 7) is 1.03. The van der Waals surface area contributed by atoms with Crippen molar-refractivity contribution in [3.63, 3.8) is 0 Å². The molecule has 3 heterocycles. The van der Waals surface area contributed by atoms with Crippen LogP contribution in [0, 0.1) is 0 Å². The molecule has 0 saturated carbocycles. The van der Waals surface area contributed by atoms with E-state index in [0.29, 0.717) is 41.8 Å². The molecule has 2 N–H and O–H groups in total. The van der Waals surface area contributed by atoms with Crippen LogP contribution in [0.15, 0.2) is 64.1 Å². The van der Waals surface area contributed by atoms with E-state index < -0.39 is 8.26 Å². The predicted octanol–water partition coefficient (Wildman–Crippen LogP) is 8.83. The topological polar surface area (TPSA) is 168 Å². The molecule has 0 unspecified atom stereocenters. The first-order valence-electron chi connectivity index (χ1n) is 13.4. The Labute approximate surface area is 336 Å². The highest BCUT2D eigenvalue weighted by Gasteiger charge is 2.11. The van der Waals surface area contributed by atoms with Crippen molar-refractivity contribution in [2.24, 2.45) is 5.73 Å². The number of aromatic nitrogens is 5. The van der Waals surface area contributed by atoms with E-state index in [-0.39, 0.29) is 21.1 Å². The quantitative estimate of drug-likeness (QED) is 0.0719. The van der Waals surface area contributed by atoms with E-state index in [2.05, 4.69) is 40.5 Å². The van der Waals surface area contributed by atoms with E-state index in [4.69, 9.17) is 60.6 Å². The fourth-order valence-electron chi connectivity index (χ4n) is 3.18. The lowest BCUT2D eigenvalue weighted by Gasteiger charge is -2.02. The number of nitrogens with two attached hydrogens (primary N) is 1. The zero-order valence-corrected chi connectivity index (χ0v) is 34.5. The monoisotopic (exact) mass is 914 g/mol. The van der Waals surface area contributed by atoms with Gasteiger partial charge in [0, 0.05) is 74.1 Å². The number of carbonyl (C=O) groups excluding carboxylic acids is 2. The number of rotatable bonds is 12. The van der Waals surface area contributed by atoms with Gasteiger partial charge < -0.3 is 5.73 Å². The minimum Gasteiger partial charge on any atom is -0.326 e. The van der Waals surface area contributed by atoms with Gasteiger partial charge in [-0.25, -0.2) is 0 Å². The van der Waals surface area contributed by atoms with Gasteiger partial charge in [0.25, 0.3) is 5.56 Å². The van der Waals surface area contributed by atoms with Crippen LogP contribution in [0.4, 0.5) is 0 Å². The van der Waals surface area contributed by atoms with Gasteiger partial charge in [-0.1, -0.05) is 102 Å². The third-order valence-corrected chi connectivity index (χ3v) is 11.0. The summed E-state index contributed by atoms with van der Waals surface area (Å²) in [5, 5.41) is 11.2. The van der Waals surface area contributed by atoms with Gasteiger partial charge in [-0.05, 0) is 68.9 Å². The Kier molecular flexibility index (Phi) is 21.6. The molecule has 3 aromatic heterocycles. The lowest BCUT2D eigenvalue weighted by molar-refractivity contribution is -0.112. The Morgan fingerprint density at radius 1 is 0.780 bits per heavy atom. The normalized spacial score (nSPS) is 10.5. The average molecular weight is 918 g/mol. The maximum atomic E-state index is 11.8. The van der Waals surface area contributed by atoms with Crippen molar-refractivity contribution in [3.05, 3.63) is 90.1 Å². The lowest BCUT2D eigenvalue weighted by atomic mass is 10.1. The maximum absolute atomic E-state index is 11.8. The van der Waals surface area contributed by atoms with Crippen LogP contribution in [-0.4, -0.2) is 53.5 Å². The Morgan fingerprint density at radius 2 is 1.20 bits per heavy atom. The summed E-state index contributed by atoms with van der Waals surface area (Å²) >= 11 is 25.7. The van der Waals surface area contributed by atoms with Gasteiger partial charge in [-0.3, -0.25) is 18.3 Å². The van der Waals surface area contributed by atoms with Crippen LogP contribution in [0.25, 0.3) is 22.5 Å². The van der Waals surface area contributed by atoms with Crippen molar-refractivity contribution in [1.29, 1.82) is 0 Å². The smallest absolute Gasteiger partial charge is 0.317 e. The molecule has 270 valence electrons. The summed E-state index contributed by atoms with van der Waals surface area (Å²) in [6, 6.07) is 15.8. The van der Waals surface area contributed by atoms with Gasteiger partial charge in [0.15, 0.2) is 0 Å². The summed E-state index contributed by atoms with van der Waals surface area (Å²) < 4.78 is 27.8. The zero-order chi connectivity index (χ0) is 37.1. The molecular weight excluding hydrogens is 893 g/mol. The molecule has 2 aromatic carbocycles. The number of benzene rings is 2. The first-order valence-corrected chi connectivity index (χ1v) is 23.0. The van der Waals surface area contributed by atoms with Gasteiger partial charge >= 0.3 is 8.26 Å². The van der Waals surface area contributed by atoms with Crippen LogP contribution < -0.4 is 11.3 Å². The zero-order valence-electron chi connectivity index (χ0n) is 25.1. The first kappa shape index (κ1) is 44.8. The van der Waals surface area contributed by atoms with Crippen LogP contribution >= 0.6 is 124 Å². The molecule has 0 radical (unpaired) electrons. The number of halogens is 6. The number of nitrogens with zero attached hydrogens (tertiary/aromatic N) is 5. The van der Waals surface area contributed by atoms with Gasteiger partial charge in [0.05, 0.1) is 6.54 Å². The Morgan fingerprint density at radius 3 is 1.52 bits per heavy atom. The summed E-state index contributed by atoms with van der Waals surface area (Å²) in [5.41, 5.74) is 11.2. The highest BCUT2D eigenvalue weighted by Crippen LogP contribution is 2.25. The Balaban J connectivity index is 0.000000253. The number of hydrogen-bond donors (Lipinski definition) is 1. The average Bonchev–Trinajstić information content (AvgIpc) is 3.85. The standard InChI is InChI=1S/C12H7Cl2N3OS2.C9H9N3S.C6H8Cl2O2S2.Cl2O2S/c13-10-11(14)20-17(12(10)18)5-7-1-3-8(4-2-7)9-6-19-16-15-9;10-5-7-1-3-8(4-2-7)9-6-13-12-11-9;7-5(9)1-3-11-12-4-2-6(8)10;1-5(2,3)4/h1-4,6H,5H2;1-4,6H,5,10H2;1-4H2;. The maximum Gasteiger partial charge on any atom is 0.317 e. The van der Waals surface area contributed by atoms with Crippen LogP contribution in [-0.2, 0) is 30.9 Å². The second-order valence-electron chi connectivity index (χ2n) is 8.93. The molecule has 0 spiro atoms. The molecule has 5 aromatic rings. The highest BCUT2D eigenvalue weighted by molar-refractivity contribution is 8.76. The summed E-state index contributed by atoms with van der Waals surface area (Å²) in [4.78, 5) is 32.3. The number of hydrogen-bond acceptors (Lipinski definition) is 15. The fourth-order valence-corrected chi connectivity index (χ4v) is 7.84. The molecule has 23 heteroatoms. The minimum absolute atomic E-state index is 0.0850. The van der Waals surface area contributed by atoms with Crippen LogP contribution in [0.1, 0.15) is 24.0 Å². The van der Waals surface area contributed by atoms with E-state index in [1.807, 2.05) is 59.3 Å². The first-order chi connectivity index (χ1) is 23.7. The molecular formula is C27H24Cl6N6O5S6. The molecule has 5 rings (SSSR count). The van der Waals surface area contributed by atoms with E-state index in [1.54, 1.807) is 0 Å². The van der Waals surface area contributed by atoms with E-state index >= 15 is 0 Å². The largest absolute Gasteiger partial charge is 0.326 e. The SMILES string of the molecule is NCc1ccc(-c2csnn2)cc1.O=C(Cl)CCSSCCC(=O)Cl.O=S(=O)(Cl)Cl.O=c1c(Cl)c(Cl)sn1Cc1ccc(-c2csnn2)cc1. The molecule has 0 aliphatic heterocycles. The van der Waals surface area contributed by atoms with Crippen molar-refractivity contribution < 1.29 is 18.0 Å². The third kappa shape index (κ3) is 19.0. The highest BCUT2D eigenvalue weighted by atomic mass is 36.0. The summed E-state index contributed by atoms with van der Waals surface area (Å²) in [6.07, 6.45) is 0.738. The molecule has 0 amide bonds. The fraction of sp³-hybridized carbons (Fsp3) is 0.222. The van der Waals surface area contributed by atoms with Gasteiger partial charge in [0.2, 0.25) is 10.5 Å². The summed E-state index contributed by atoms with van der Waals surface area (Å²) in [7, 11) is 7.86. The molecule has 0 aliphatic carbocycles. The van der Waals surface area contributed by atoms with E-state index in [1.165, 1.54) is 48.6 Å². The Hall–Kier alpha value is -1.32. The molecule has 0 fully saturated rings. The molecule has 0 aliphatic rings. The van der Waals surface area contributed by atoms with E-state index in [0.717, 1.165) is 45.2 Å². The molecule has 0 bridgehead atoms. The lowest BCUT2D eigenvalue weighted by Crippen LogP contribution is -2.13. The van der Waals surface area contributed by atoms with Gasteiger partial charge in [-0.2, -0.15) is 8.42 Å². The van der Waals surface area contributed by atoms with Crippen molar-refractivity contribution >= 4 is 143 Å². The van der Waals surface area contributed by atoms with Crippen LogP contribution in [0.2, 0.25) is 9.36 Å². The van der Waals surface area contributed by atoms with Crippen molar-refractivity contribution in [3.8, 4) is 22.5 Å². The second-order valence-corrected chi connectivity index (χ2v) is 19.4. The minimum atomic E-state index is -3.72. The van der Waals surface area contributed by atoms with Crippen LogP contribution in [0.5, 0.6) is 0 Å². The molecule has 0 saturated heterocycles. The van der Waals surface area contributed by atoms with Crippen LogP contribution in [0.3, 0.4) is 0 Å². The predicted molar refractivity (Wildman–Crippen MR) is 213 cm³/mol. The second kappa shape index (κ2) is 24.1. The molecule has 11 nitrogen and oxygen atoms in total. The van der Waals surface area contributed by atoms with Crippen molar-refractivity contribution in [1.82, 2.24) is 23.1 Å². The van der Waals surface area contributed by atoms with Gasteiger partial charge in [-0.15, -0.1) is 10.2 Å². The molecule has 50 heavy (non-hydrogen) atoms. The Bertz CT molecular complexity index is 1890. The van der Waals surface area contributed by atoms with Crippen molar-refractivity contribution in [2.75, 3.05) is 11.5 Å². The number of carbonyl (C=O) groups is 2. The summed E-state index contributed by atoms with van der Waals surface area (Å²) in [5.74, 6) is 1.37. The van der Waals surface area contributed by atoms with Crippen molar-refractivity contribution in [2.45, 2.75) is 25.9 Å². The molecule has 0 atom stereocenters. The third-order valence-electron chi connectivity index (χ3n) is 5.41. The van der Waals surface area contributed by atoms with Gasteiger partial charge in [0.1, 0.15) is 20.7 Å².